The third-order valence-corrected chi connectivity index (χ3v) is 2.45. The van der Waals surface area contributed by atoms with Crippen LogP contribution in [-0.4, -0.2) is 4.98 Å². The number of hydrogen-bond acceptors (Lipinski definition) is 3. The normalized spacial score (nSPS) is 10.4. The van der Waals surface area contributed by atoms with E-state index in [1.807, 2.05) is 43.6 Å². The molecule has 1 heterocycles. The van der Waals surface area contributed by atoms with Crippen LogP contribution in [0.3, 0.4) is 0 Å². The van der Waals surface area contributed by atoms with Gasteiger partial charge < -0.3 is 10.5 Å². The molecule has 1 aromatic heterocycles. The van der Waals surface area contributed by atoms with Crippen molar-refractivity contribution >= 4 is 5.69 Å². The second-order valence-corrected chi connectivity index (χ2v) is 4.10. The van der Waals surface area contributed by atoms with Gasteiger partial charge in [-0.15, -0.1) is 0 Å². The Hall–Kier alpha value is -1.87. The van der Waals surface area contributed by atoms with Crippen LogP contribution in [0.25, 0.3) is 0 Å². The number of pyridine rings is 1. The van der Waals surface area contributed by atoms with Crippen molar-refractivity contribution in [2.75, 3.05) is 5.73 Å². The van der Waals surface area contributed by atoms with Crippen LogP contribution < -0.4 is 5.73 Å². The van der Waals surface area contributed by atoms with E-state index in [1.165, 1.54) is 0 Å². The van der Waals surface area contributed by atoms with E-state index in [1.54, 1.807) is 0 Å². The average Bonchev–Trinajstić information content (AvgIpc) is 2.32. The molecule has 0 spiro atoms. The molecule has 2 N–H and O–H groups in total. The number of rotatable bonds is 4. The number of nitrogens with two attached hydrogens (primary N) is 1. The molecule has 0 saturated heterocycles. The fourth-order valence-corrected chi connectivity index (χ4v) is 1.60. The summed E-state index contributed by atoms with van der Waals surface area (Å²) in [5, 5.41) is 0. The second-order valence-electron chi connectivity index (χ2n) is 4.10. The van der Waals surface area contributed by atoms with E-state index in [0.717, 1.165) is 22.4 Å². The monoisotopic (exact) mass is 228 g/mol. The molecule has 0 amide bonds. The molecule has 1 aromatic carbocycles. The summed E-state index contributed by atoms with van der Waals surface area (Å²) >= 11 is 0. The first-order valence-electron chi connectivity index (χ1n) is 5.57. The molecule has 0 fully saturated rings. The van der Waals surface area contributed by atoms with Gasteiger partial charge in [-0.25, -0.2) is 0 Å². The van der Waals surface area contributed by atoms with Gasteiger partial charge in [-0.1, -0.05) is 18.2 Å². The van der Waals surface area contributed by atoms with Gasteiger partial charge in [-0.2, -0.15) is 0 Å². The molecule has 17 heavy (non-hydrogen) atoms. The number of anilines is 1. The highest BCUT2D eigenvalue weighted by Gasteiger charge is 1.96. The van der Waals surface area contributed by atoms with Crippen molar-refractivity contribution in [3.05, 3.63) is 59.4 Å². The minimum absolute atomic E-state index is 0.582. The maximum Gasteiger partial charge on any atom is 0.0736 e. The third kappa shape index (κ3) is 3.57. The van der Waals surface area contributed by atoms with Gasteiger partial charge in [0.1, 0.15) is 0 Å². The van der Waals surface area contributed by atoms with E-state index >= 15 is 0 Å². The zero-order valence-corrected chi connectivity index (χ0v) is 9.89. The van der Waals surface area contributed by atoms with E-state index in [0.29, 0.717) is 13.2 Å². The number of aromatic nitrogens is 1. The van der Waals surface area contributed by atoms with Crippen LogP contribution in [-0.2, 0) is 18.0 Å². The van der Waals surface area contributed by atoms with Crippen LogP contribution >= 0.6 is 0 Å². The number of aryl methyl sites for hydroxylation is 1. The zero-order chi connectivity index (χ0) is 12.1. The van der Waals surface area contributed by atoms with E-state index in [-0.39, 0.29) is 0 Å². The Kier molecular flexibility index (Phi) is 3.73. The summed E-state index contributed by atoms with van der Waals surface area (Å²) in [6.07, 6.45) is 3.67. The Bertz CT molecular complexity index is 480. The molecule has 0 bridgehead atoms. The van der Waals surface area contributed by atoms with Crippen molar-refractivity contribution in [3.8, 4) is 0 Å². The van der Waals surface area contributed by atoms with Crippen LogP contribution in [0.2, 0.25) is 0 Å². The fraction of sp³-hybridized carbons (Fsp3) is 0.214. The molecular weight excluding hydrogens is 212 g/mol. The Morgan fingerprint density at radius 1 is 1.06 bits per heavy atom. The van der Waals surface area contributed by atoms with Gasteiger partial charge in [0.05, 0.1) is 13.2 Å². The van der Waals surface area contributed by atoms with Crippen molar-refractivity contribution < 1.29 is 4.74 Å². The lowest BCUT2D eigenvalue weighted by atomic mass is 10.2. The Labute approximate surface area is 101 Å². The molecule has 0 aliphatic heterocycles. The zero-order valence-electron chi connectivity index (χ0n) is 9.89. The quantitative estimate of drug-likeness (QED) is 0.818. The van der Waals surface area contributed by atoms with Gasteiger partial charge in [0.15, 0.2) is 0 Å². The highest BCUT2D eigenvalue weighted by molar-refractivity contribution is 5.39. The van der Waals surface area contributed by atoms with Crippen LogP contribution in [0, 0.1) is 6.92 Å². The number of hydrogen-bond donors (Lipinski definition) is 1. The SMILES string of the molecule is Cc1cncc(COCc2ccc(N)cc2)c1. The molecule has 3 nitrogen and oxygen atoms in total. The smallest absolute Gasteiger partial charge is 0.0736 e. The van der Waals surface area contributed by atoms with E-state index in [9.17, 15) is 0 Å². The molecule has 88 valence electrons. The third-order valence-electron chi connectivity index (χ3n) is 2.45. The summed E-state index contributed by atoms with van der Waals surface area (Å²) in [4.78, 5) is 4.12. The molecule has 3 heteroatoms. The van der Waals surface area contributed by atoms with Crippen LogP contribution in [0.1, 0.15) is 16.7 Å². The van der Waals surface area contributed by atoms with Gasteiger partial charge in [0.2, 0.25) is 0 Å². The Morgan fingerprint density at radius 2 is 1.76 bits per heavy atom. The highest BCUT2D eigenvalue weighted by Crippen LogP contribution is 2.09. The molecule has 0 unspecified atom stereocenters. The first kappa shape index (κ1) is 11.6. The second kappa shape index (κ2) is 5.46. The first-order chi connectivity index (χ1) is 8.24. The predicted molar refractivity (Wildman–Crippen MR) is 68.3 cm³/mol. The van der Waals surface area contributed by atoms with E-state index in [4.69, 9.17) is 10.5 Å². The van der Waals surface area contributed by atoms with Crippen molar-refractivity contribution in [1.29, 1.82) is 0 Å². The molecular formula is C14H16N2O. The van der Waals surface area contributed by atoms with Crippen molar-refractivity contribution in [2.24, 2.45) is 0 Å². The number of nitrogen functional groups attached to an aromatic ring is 1. The lowest BCUT2D eigenvalue weighted by molar-refractivity contribution is 0.107. The number of benzene rings is 1. The Balaban J connectivity index is 1.85. The standard InChI is InChI=1S/C14H16N2O/c1-11-6-13(8-16-7-11)10-17-9-12-2-4-14(15)5-3-12/h2-8H,9-10,15H2,1H3. The molecule has 0 atom stereocenters. The van der Waals surface area contributed by atoms with Gasteiger partial charge in [0, 0.05) is 18.1 Å². The lowest BCUT2D eigenvalue weighted by Gasteiger charge is -2.05. The van der Waals surface area contributed by atoms with E-state index in [2.05, 4.69) is 11.1 Å². The van der Waals surface area contributed by atoms with E-state index < -0.39 is 0 Å². The minimum atomic E-state index is 0.582. The number of ether oxygens (including phenoxy) is 1. The molecule has 0 aliphatic carbocycles. The van der Waals surface area contributed by atoms with Gasteiger partial charge >= 0.3 is 0 Å². The fourth-order valence-electron chi connectivity index (χ4n) is 1.60. The molecule has 0 saturated carbocycles. The minimum Gasteiger partial charge on any atom is -0.399 e. The molecule has 0 aliphatic rings. The van der Waals surface area contributed by atoms with Crippen LogP contribution in [0.5, 0.6) is 0 Å². The van der Waals surface area contributed by atoms with Gasteiger partial charge in [-0.3, -0.25) is 4.98 Å². The Morgan fingerprint density at radius 3 is 2.47 bits per heavy atom. The number of nitrogens with zero attached hydrogens (tertiary/aromatic N) is 1. The first-order valence-corrected chi connectivity index (χ1v) is 5.57. The summed E-state index contributed by atoms with van der Waals surface area (Å²) in [6, 6.07) is 9.80. The van der Waals surface area contributed by atoms with Gasteiger partial charge in [0.25, 0.3) is 0 Å². The largest absolute Gasteiger partial charge is 0.399 e. The average molecular weight is 228 g/mol. The lowest BCUT2D eigenvalue weighted by Crippen LogP contribution is -1.95. The summed E-state index contributed by atoms with van der Waals surface area (Å²) in [6.45, 7) is 3.20. The van der Waals surface area contributed by atoms with Crippen molar-refractivity contribution in [1.82, 2.24) is 4.98 Å². The summed E-state index contributed by atoms with van der Waals surface area (Å²) in [5.41, 5.74) is 9.76. The topological polar surface area (TPSA) is 48.1 Å². The molecule has 2 rings (SSSR count). The molecule has 0 radical (unpaired) electrons. The summed E-state index contributed by atoms with van der Waals surface area (Å²) < 4.78 is 5.62. The predicted octanol–water partition coefficient (Wildman–Crippen LogP) is 2.69. The maximum atomic E-state index is 5.62. The summed E-state index contributed by atoms with van der Waals surface area (Å²) in [5.74, 6) is 0. The van der Waals surface area contributed by atoms with Crippen LogP contribution in [0.15, 0.2) is 42.7 Å². The maximum absolute atomic E-state index is 5.62. The molecule has 2 aromatic rings. The summed E-state index contributed by atoms with van der Waals surface area (Å²) in [7, 11) is 0. The highest BCUT2D eigenvalue weighted by atomic mass is 16.5. The van der Waals surface area contributed by atoms with Crippen molar-refractivity contribution in [3.63, 3.8) is 0 Å². The van der Waals surface area contributed by atoms with Crippen molar-refractivity contribution in [2.45, 2.75) is 20.1 Å². The van der Waals surface area contributed by atoms with Crippen LogP contribution in [0.4, 0.5) is 5.69 Å². The van der Waals surface area contributed by atoms with Gasteiger partial charge in [-0.05, 0) is 35.7 Å².